The molecule has 13 aromatic rings. The van der Waals surface area contributed by atoms with Crippen LogP contribution in [-0.2, 0) is 0 Å². The Labute approximate surface area is 330 Å². The van der Waals surface area contributed by atoms with Gasteiger partial charge in [-0.25, -0.2) is 0 Å². The second-order valence-corrected chi connectivity index (χ2v) is 17.2. The van der Waals surface area contributed by atoms with Crippen molar-refractivity contribution >= 4 is 128 Å². The lowest BCUT2D eigenvalue weighted by atomic mass is 9.88. The van der Waals surface area contributed by atoms with E-state index in [9.17, 15) is 0 Å². The van der Waals surface area contributed by atoms with E-state index in [0.717, 1.165) is 0 Å². The van der Waals surface area contributed by atoms with E-state index in [-0.39, 0.29) is 0 Å². The van der Waals surface area contributed by atoms with Crippen LogP contribution in [0.2, 0.25) is 0 Å². The van der Waals surface area contributed by atoms with Crippen molar-refractivity contribution < 1.29 is 0 Å². The maximum atomic E-state index is 2.50. The van der Waals surface area contributed by atoms with Crippen LogP contribution in [0.15, 0.2) is 182 Å². The summed E-state index contributed by atoms with van der Waals surface area (Å²) in [7, 11) is 0. The molecule has 56 heavy (non-hydrogen) atoms. The smallest absolute Gasteiger partial charge is 0.0434 e. The number of fused-ring (bicyclic) bond motifs is 12. The Morgan fingerprint density at radius 3 is 1.11 bits per heavy atom. The third kappa shape index (κ3) is 4.23. The average molecular weight is 743 g/mol. The van der Waals surface area contributed by atoms with Crippen LogP contribution in [0, 0.1) is 0 Å². The average Bonchev–Trinajstić information content (AvgIpc) is 3.26. The largest absolute Gasteiger partial charge is 0.135 e. The summed E-state index contributed by atoms with van der Waals surface area (Å²) in [6.45, 7) is 0. The molecule has 0 aliphatic rings. The van der Waals surface area contributed by atoms with Gasteiger partial charge in [0.15, 0.2) is 0 Å². The Balaban J connectivity index is 1.21. The van der Waals surface area contributed by atoms with Crippen molar-refractivity contribution in [2.75, 3.05) is 0 Å². The fourth-order valence-corrected chi connectivity index (χ4v) is 12.2. The number of hydrogen-bond acceptors (Lipinski definition) is 2. The normalized spacial score (nSPS) is 12.3. The first-order valence-corrected chi connectivity index (χ1v) is 20.9. The molecule has 0 aliphatic carbocycles. The van der Waals surface area contributed by atoms with Gasteiger partial charge >= 0.3 is 0 Å². The minimum absolute atomic E-state index is 1.25. The maximum absolute atomic E-state index is 2.50. The first kappa shape index (κ1) is 30.7. The molecule has 0 bridgehead atoms. The van der Waals surface area contributed by atoms with Crippen molar-refractivity contribution in [1.82, 2.24) is 0 Å². The van der Waals surface area contributed by atoms with E-state index in [0.29, 0.717) is 0 Å². The van der Waals surface area contributed by atoms with Gasteiger partial charge in [-0.3, -0.25) is 0 Å². The Kier molecular flexibility index (Phi) is 6.29. The minimum Gasteiger partial charge on any atom is -0.135 e. The molecule has 0 N–H and O–H groups in total. The van der Waals surface area contributed by atoms with E-state index in [1.165, 1.54) is 127 Å². The van der Waals surface area contributed by atoms with Crippen molar-refractivity contribution in [3.8, 4) is 22.3 Å². The summed E-state index contributed by atoms with van der Waals surface area (Å²) in [4.78, 5) is 0. The van der Waals surface area contributed by atoms with E-state index in [2.05, 4.69) is 182 Å². The zero-order valence-electron chi connectivity index (χ0n) is 30.1. The molecule has 258 valence electrons. The van der Waals surface area contributed by atoms with Crippen molar-refractivity contribution in [2.45, 2.75) is 0 Å². The Hall–Kier alpha value is -6.58. The molecule has 0 aliphatic heterocycles. The number of hydrogen-bond donors (Lipinski definition) is 0. The number of rotatable bonds is 2. The molecule has 0 atom stereocenters. The van der Waals surface area contributed by atoms with Crippen LogP contribution < -0.4 is 0 Å². The first-order chi connectivity index (χ1) is 27.8. The topological polar surface area (TPSA) is 0 Å². The lowest BCUT2D eigenvalue weighted by Gasteiger charge is -2.20. The molecule has 2 heterocycles. The van der Waals surface area contributed by atoms with Gasteiger partial charge in [0.25, 0.3) is 0 Å². The van der Waals surface area contributed by atoms with Crippen LogP contribution in [0.5, 0.6) is 0 Å². The predicted octanol–water partition coefficient (Wildman–Crippen LogP) is 16.7. The molecule has 11 aromatic carbocycles. The Morgan fingerprint density at radius 2 is 0.643 bits per heavy atom. The van der Waals surface area contributed by atoms with Gasteiger partial charge < -0.3 is 0 Å². The molecule has 0 saturated carbocycles. The van der Waals surface area contributed by atoms with E-state index in [4.69, 9.17) is 0 Å². The summed E-state index contributed by atoms with van der Waals surface area (Å²) in [5.41, 5.74) is 5.07. The van der Waals surface area contributed by atoms with E-state index < -0.39 is 0 Å². The standard InChI is InChI=1S/C54H30S2/c1-3-13-33-27-35(25-23-31(33)11-1)43-29-45-49-41-19-9-22-48-52(41)50(42-20-10-21-47(51(42)49)55-53(45)39-17-7-5-15-37(39)43)46-30-44(38-16-6-8-18-40(38)54(46)56-48)36-26-24-32-12-2-4-14-34(32)28-36/h1-30H. The van der Waals surface area contributed by atoms with Crippen LogP contribution in [0.1, 0.15) is 0 Å². The third-order valence-electron chi connectivity index (χ3n) is 12.2. The summed E-state index contributed by atoms with van der Waals surface area (Å²) in [6.07, 6.45) is 0. The van der Waals surface area contributed by atoms with Gasteiger partial charge in [-0.15, -0.1) is 22.7 Å². The van der Waals surface area contributed by atoms with Crippen LogP contribution >= 0.6 is 22.7 Å². The second kappa shape index (κ2) is 11.5. The van der Waals surface area contributed by atoms with Crippen LogP contribution in [0.25, 0.3) is 127 Å². The highest BCUT2D eigenvalue weighted by Crippen LogP contribution is 2.52. The van der Waals surface area contributed by atoms with Gasteiger partial charge in [0.1, 0.15) is 0 Å². The van der Waals surface area contributed by atoms with Crippen molar-refractivity contribution in [3.63, 3.8) is 0 Å². The lowest BCUT2D eigenvalue weighted by molar-refractivity contribution is 1.71. The highest BCUT2D eigenvalue weighted by molar-refractivity contribution is 7.26. The molecule has 2 heteroatoms. The molecule has 0 saturated heterocycles. The zero-order chi connectivity index (χ0) is 36.5. The van der Waals surface area contributed by atoms with Crippen LogP contribution in [0.3, 0.4) is 0 Å². The van der Waals surface area contributed by atoms with E-state index in [1.54, 1.807) is 0 Å². The first-order valence-electron chi connectivity index (χ1n) is 19.2. The minimum atomic E-state index is 1.25. The maximum Gasteiger partial charge on any atom is 0.0434 e. The van der Waals surface area contributed by atoms with Crippen molar-refractivity contribution in [3.05, 3.63) is 182 Å². The van der Waals surface area contributed by atoms with Crippen LogP contribution in [0.4, 0.5) is 0 Å². The molecule has 2 aromatic heterocycles. The van der Waals surface area contributed by atoms with Gasteiger partial charge in [-0.1, -0.05) is 146 Å². The molecule has 0 unspecified atom stereocenters. The summed E-state index contributed by atoms with van der Waals surface area (Å²) in [5.74, 6) is 0. The number of benzene rings is 11. The fourth-order valence-electron chi connectivity index (χ4n) is 9.69. The summed E-state index contributed by atoms with van der Waals surface area (Å²) in [6, 6.07) is 68.3. The second-order valence-electron chi connectivity index (χ2n) is 15.1. The van der Waals surface area contributed by atoms with Gasteiger partial charge in [0, 0.05) is 61.9 Å². The molecule has 13 rings (SSSR count). The summed E-state index contributed by atoms with van der Waals surface area (Å²) in [5, 5.41) is 21.0. The third-order valence-corrected chi connectivity index (χ3v) is 14.6. The van der Waals surface area contributed by atoms with Crippen molar-refractivity contribution in [2.24, 2.45) is 0 Å². The van der Waals surface area contributed by atoms with Gasteiger partial charge in [-0.2, -0.15) is 0 Å². The molecule has 0 spiro atoms. The highest BCUT2D eigenvalue weighted by Gasteiger charge is 2.22. The quantitative estimate of drug-likeness (QED) is 0.122. The molecule has 0 nitrogen and oxygen atoms in total. The Bertz CT molecular complexity index is 3570. The van der Waals surface area contributed by atoms with E-state index >= 15 is 0 Å². The lowest BCUT2D eigenvalue weighted by Crippen LogP contribution is -1.91. The van der Waals surface area contributed by atoms with Gasteiger partial charge in [0.05, 0.1) is 0 Å². The van der Waals surface area contributed by atoms with E-state index in [1.807, 2.05) is 22.7 Å². The predicted molar refractivity (Wildman–Crippen MR) is 248 cm³/mol. The monoisotopic (exact) mass is 742 g/mol. The molecular formula is C54H30S2. The SMILES string of the molecule is c1ccc2cc(-c3cc4c(sc5cccc6c5c4c4cccc5sc7c8ccccc8c(-c8ccc9ccccc9c8)cc7c6c54)c4ccccc34)ccc2c1. The summed E-state index contributed by atoms with van der Waals surface area (Å²) < 4.78 is 5.35. The van der Waals surface area contributed by atoms with Gasteiger partial charge in [0.2, 0.25) is 0 Å². The Morgan fingerprint density at radius 1 is 0.250 bits per heavy atom. The van der Waals surface area contributed by atoms with Gasteiger partial charge in [-0.05, 0) is 102 Å². The molecule has 0 radical (unpaired) electrons. The molecular weight excluding hydrogens is 713 g/mol. The summed E-state index contributed by atoms with van der Waals surface area (Å²) >= 11 is 3.88. The van der Waals surface area contributed by atoms with Crippen LogP contribution in [-0.4, -0.2) is 0 Å². The van der Waals surface area contributed by atoms with Crippen molar-refractivity contribution in [1.29, 1.82) is 0 Å². The zero-order valence-corrected chi connectivity index (χ0v) is 31.8. The highest BCUT2D eigenvalue weighted by atomic mass is 32.1. The fraction of sp³-hybridized carbons (Fsp3) is 0. The molecule has 0 amide bonds. The molecule has 0 fully saturated rings.